The molecule has 9 heteroatoms. The van der Waals surface area contributed by atoms with Gasteiger partial charge in [-0.05, 0) is 29.8 Å². The molecule has 3 rings (SSSR count). The van der Waals surface area contributed by atoms with E-state index < -0.39 is 18.5 Å². The summed E-state index contributed by atoms with van der Waals surface area (Å²) < 4.78 is 26.0. The smallest absolute Gasteiger partial charge is 0.312 e. The van der Waals surface area contributed by atoms with Gasteiger partial charge < -0.3 is 28.8 Å². The topological polar surface area (TPSA) is 109 Å². The highest BCUT2D eigenvalue weighted by Gasteiger charge is 2.16. The minimum Gasteiger partial charge on any atom is -0.493 e. The Morgan fingerprint density at radius 1 is 1.03 bits per heavy atom. The maximum absolute atomic E-state index is 12.1. The zero-order valence-corrected chi connectivity index (χ0v) is 16.9. The van der Waals surface area contributed by atoms with Gasteiger partial charge in [-0.15, -0.1) is 0 Å². The molecule has 0 bridgehead atoms. The largest absolute Gasteiger partial charge is 0.493 e. The maximum atomic E-state index is 12.1. The van der Waals surface area contributed by atoms with Crippen molar-refractivity contribution in [3.05, 3.63) is 47.7 Å². The van der Waals surface area contributed by atoms with E-state index in [-0.39, 0.29) is 13.0 Å². The second-order valence-corrected chi connectivity index (χ2v) is 6.27. The van der Waals surface area contributed by atoms with E-state index in [0.29, 0.717) is 28.5 Å². The van der Waals surface area contributed by atoms with Gasteiger partial charge in [0.05, 0.1) is 27.8 Å². The highest BCUT2D eigenvalue weighted by molar-refractivity contribution is 5.85. The quantitative estimate of drug-likeness (QED) is 0.531. The Balaban J connectivity index is 1.52. The van der Waals surface area contributed by atoms with Crippen LogP contribution in [0.2, 0.25) is 0 Å². The van der Waals surface area contributed by atoms with Crippen molar-refractivity contribution >= 4 is 22.8 Å². The summed E-state index contributed by atoms with van der Waals surface area (Å²) in [6.45, 7) is -0.208. The third-order valence-electron chi connectivity index (χ3n) is 4.34. The maximum Gasteiger partial charge on any atom is 0.312 e. The van der Waals surface area contributed by atoms with Crippen LogP contribution < -0.4 is 19.5 Å². The second kappa shape index (κ2) is 9.64. The summed E-state index contributed by atoms with van der Waals surface area (Å²) in [5.41, 5.74) is 1.79. The number of ether oxygens (including phenoxy) is 4. The van der Waals surface area contributed by atoms with Gasteiger partial charge in [0.1, 0.15) is 5.69 Å². The Morgan fingerprint density at radius 3 is 2.40 bits per heavy atom. The Labute approximate surface area is 172 Å². The van der Waals surface area contributed by atoms with Crippen LogP contribution in [0.25, 0.3) is 11.0 Å². The highest BCUT2D eigenvalue weighted by Crippen LogP contribution is 2.38. The van der Waals surface area contributed by atoms with E-state index in [1.165, 1.54) is 21.3 Å². The number of hydrogen-bond acceptors (Lipinski definition) is 8. The second-order valence-electron chi connectivity index (χ2n) is 6.27. The molecule has 3 aromatic rings. The standard InChI is InChI=1S/C21H22N2O7/c1-26-17-8-13(9-18(27-2)21(17)28-3)11-22-19(24)12-29-20(25)10-15-14-6-4-5-7-16(14)30-23-15/h4-9H,10-12H2,1-3H3,(H,22,24). The van der Waals surface area contributed by atoms with E-state index in [0.717, 1.165) is 10.9 Å². The van der Waals surface area contributed by atoms with Crippen molar-refractivity contribution in [1.29, 1.82) is 0 Å². The fourth-order valence-corrected chi connectivity index (χ4v) is 2.89. The van der Waals surface area contributed by atoms with Gasteiger partial charge in [0.2, 0.25) is 5.75 Å². The number of rotatable bonds is 9. The molecule has 0 aliphatic heterocycles. The number of esters is 1. The summed E-state index contributed by atoms with van der Waals surface area (Å²) in [6, 6.07) is 10.7. The molecule has 0 unspecified atom stereocenters. The van der Waals surface area contributed by atoms with E-state index >= 15 is 0 Å². The summed E-state index contributed by atoms with van der Waals surface area (Å²) in [5, 5.41) is 7.29. The van der Waals surface area contributed by atoms with Crippen molar-refractivity contribution < 1.29 is 33.1 Å². The average molecular weight is 414 g/mol. The molecule has 0 saturated carbocycles. The first kappa shape index (κ1) is 21.0. The molecule has 30 heavy (non-hydrogen) atoms. The Kier molecular flexibility index (Phi) is 6.74. The number of fused-ring (bicyclic) bond motifs is 1. The predicted octanol–water partition coefficient (Wildman–Crippen LogP) is 2.26. The minimum absolute atomic E-state index is 0.0861. The van der Waals surface area contributed by atoms with Crippen molar-refractivity contribution in [1.82, 2.24) is 10.5 Å². The van der Waals surface area contributed by atoms with Gasteiger partial charge in [0, 0.05) is 11.9 Å². The molecule has 1 aromatic heterocycles. The normalized spacial score (nSPS) is 10.5. The minimum atomic E-state index is -0.572. The van der Waals surface area contributed by atoms with E-state index in [2.05, 4.69) is 10.5 Å². The van der Waals surface area contributed by atoms with E-state index in [1.807, 2.05) is 12.1 Å². The molecular formula is C21H22N2O7. The van der Waals surface area contributed by atoms with E-state index in [9.17, 15) is 9.59 Å². The third kappa shape index (κ3) is 4.80. The molecule has 1 heterocycles. The van der Waals surface area contributed by atoms with E-state index in [1.54, 1.807) is 24.3 Å². The number of amides is 1. The Hall–Kier alpha value is -3.75. The summed E-state index contributed by atoms with van der Waals surface area (Å²) >= 11 is 0. The molecule has 9 nitrogen and oxygen atoms in total. The number of carbonyl (C=O) groups excluding carboxylic acids is 2. The summed E-state index contributed by atoms with van der Waals surface area (Å²) in [6.07, 6.45) is -0.0861. The van der Waals surface area contributed by atoms with Crippen molar-refractivity contribution in [3.8, 4) is 17.2 Å². The number of hydrogen-bond donors (Lipinski definition) is 1. The molecule has 0 spiro atoms. The summed E-state index contributed by atoms with van der Waals surface area (Å²) in [4.78, 5) is 24.1. The van der Waals surface area contributed by atoms with Gasteiger partial charge in [-0.3, -0.25) is 9.59 Å². The number of nitrogens with one attached hydrogen (secondary N) is 1. The first-order valence-corrected chi connectivity index (χ1v) is 9.10. The molecule has 0 aliphatic rings. The van der Waals surface area contributed by atoms with Crippen LogP contribution in [0.3, 0.4) is 0 Å². The lowest BCUT2D eigenvalue weighted by atomic mass is 10.1. The number of para-hydroxylation sites is 1. The lowest BCUT2D eigenvalue weighted by Gasteiger charge is -2.14. The number of benzene rings is 2. The molecule has 0 saturated heterocycles. The summed E-state index contributed by atoms with van der Waals surface area (Å²) in [7, 11) is 4.53. The van der Waals surface area contributed by atoms with Crippen LogP contribution in [-0.2, 0) is 27.3 Å². The zero-order chi connectivity index (χ0) is 21.5. The van der Waals surface area contributed by atoms with Crippen LogP contribution >= 0.6 is 0 Å². The van der Waals surface area contributed by atoms with E-state index in [4.69, 9.17) is 23.5 Å². The van der Waals surface area contributed by atoms with Crippen LogP contribution in [0, 0.1) is 0 Å². The number of aromatic nitrogens is 1. The number of nitrogens with zero attached hydrogens (tertiary/aromatic N) is 1. The molecule has 2 aromatic carbocycles. The predicted molar refractivity (Wildman–Crippen MR) is 107 cm³/mol. The SMILES string of the molecule is COc1cc(CNC(=O)COC(=O)Cc2noc3ccccc23)cc(OC)c1OC. The van der Waals surface area contributed by atoms with Gasteiger partial charge in [0.15, 0.2) is 23.7 Å². The fraction of sp³-hybridized carbons (Fsp3) is 0.286. The molecule has 1 N–H and O–H groups in total. The molecule has 1 amide bonds. The number of carbonyl (C=O) groups is 2. The van der Waals surface area contributed by atoms with Crippen molar-refractivity contribution in [3.63, 3.8) is 0 Å². The van der Waals surface area contributed by atoms with Gasteiger partial charge in [-0.2, -0.15) is 0 Å². The van der Waals surface area contributed by atoms with Gasteiger partial charge in [-0.25, -0.2) is 0 Å². The first-order valence-electron chi connectivity index (χ1n) is 9.10. The van der Waals surface area contributed by atoms with Crippen LogP contribution in [-0.4, -0.2) is 45.0 Å². The van der Waals surface area contributed by atoms with Gasteiger partial charge in [0.25, 0.3) is 5.91 Å². The lowest BCUT2D eigenvalue weighted by Crippen LogP contribution is -2.28. The Morgan fingerprint density at radius 2 is 1.73 bits per heavy atom. The van der Waals surface area contributed by atoms with Gasteiger partial charge in [-0.1, -0.05) is 17.3 Å². The van der Waals surface area contributed by atoms with Crippen LogP contribution in [0.5, 0.6) is 17.2 Å². The zero-order valence-electron chi connectivity index (χ0n) is 16.9. The third-order valence-corrected chi connectivity index (χ3v) is 4.34. The molecule has 0 fully saturated rings. The highest BCUT2D eigenvalue weighted by atomic mass is 16.5. The first-order chi connectivity index (χ1) is 14.5. The molecule has 0 atom stereocenters. The van der Waals surface area contributed by atoms with Crippen LogP contribution in [0.4, 0.5) is 0 Å². The van der Waals surface area contributed by atoms with Gasteiger partial charge >= 0.3 is 5.97 Å². The molecule has 158 valence electrons. The van der Waals surface area contributed by atoms with Crippen molar-refractivity contribution in [2.45, 2.75) is 13.0 Å². The number of methoxy groups -OCH3 is 3. The Bertz CT molecular complexity index is 1020. The van der Waals surface area contributed by atoms with Crippen molar-refractivity contribution in [2.24, 2.45) is 0 Å². The van der Waals surface area contributed by atoms with Crippen LogP contribution in [0.1, 0.15) is 11.3 Å². The summed E-state index contributed by atoms with van der Waals surface area (Å²) in [5.74, 6) is 0.406. The van der Waals surface area contributed by atoms with Crippen molar-refractivity contribution in [2.75, 3.05) is 27.9 Å². The molecule has 0 aliphatic carbocycles. The molecule has 0 radical (unpaired) electrons. The monoisotopic (exact) mass is 414 g/mol. The van der Waals surface area contributed by atoms with Crippen LogP contribution in [0.15, 0.2) is 40.9 Å². The fourth-order valence-electron chi connectivity index (χ4n) is 2.89. The average Bonchev–Trinajstić information content (AvgIpc) is 3.18. The molecular weight excluding hydrogens is 392 g/mol. The lowest BCUT2D eigenvalue weighted by molar-refractivity contribution is -0.148.